The van der Waals surface area contributed by atoms with Crippen LogP contribution in [0.5, 0.6) is 11.5 Å². The summed E-state index contributed by atoms with van der Waals surface area (Å²) in [6.07, 6.45) is 3.19. The highest BCUT2D eigenvalue weighted by atomic mass is 16.7. The Labute approximate surface area is 229 Å². The van der Waals surface area contributed by atoms with Crippen molar-refractivity contribution in [3.63, 3.8) is 0 Å². The number of fused-ring (bicyclic) bond motifs is 6. The number of cyclic esters (lactones) is 1. The molecule has 40 heavy (non-hydrogen) atoms. The van der Waals surface area contributed by atoms with Gasteiger partial charge in [0.15, 0.2) is 17.1 Å². The maximum absolute atomic E-state index is 13.6. The molecule has 0 aliphatic carbocycles. The Kier molecular flexibility index (Phi) is 5.88. The molecule has 11 heteroatoms. The number of carbonyl (C=O) groups excluding carboxylic acids is 2. The summed E-state index contributed by atoms with van der Waals surface area (Å²) in [5.41, 5.74) is 0.891. The van der Waals surface area contributed by atoms with Crippen molar-refractivity contribution in [3.8, 4) is 22.9 Å². The Morgan fingerprint density at radius 3 is 2.65 bits per heavy atom. The first-order valence-electron chi connectivity index (χ1n) is 13.1. The summed E-state index contributed by atoms with van der Waals surface area (Å²) in [5, 5.41) is 14.7. The number of carbonyl (C=O) groups is 2. The zero-order chi connectivity index (χ0) is 28.4. The van der Waals surface area contributed by atoms with E-state index in [2.05, 4.69) is 5.32 Å². The fraction of sp³-hybridized carbons (Fsp3) is 0.379. The summed E-state index contributed by atoms with van der Waals surface area (Å²) in [6.45, 7) is 7.38. The zero-order valence-electron chi connectivity index (χ0n) is 22.6. The SMILES string of the molecule is CCC1(O)C(=O)OCc2c1cc1n(c2=O)Cc2c-1nc1cc3c(cc1c2C=CCNC(=O)OC(C)(C)C)OCO3. The molecule has 0 spiro atoms. The van der Waals surface area contributed by atoms with Crippen molar-refractivity contribution in [2.24, 2.45) is 0 Å². The monoisotopic (exact) mass is 547 g/mol. The van der Waals surface area contributed by atoms with Gasteiger partial charge in [-0.2, -0.15) is 0 Å². The van der Waals surface area contributed by atoms with Crippen LogP contribution in [-0.2, 0) is 33.0 Å². The number of nitrogens with one attached hydrogen (secondary N) is 1. The minimum absolute atomic E-state index is 0.0574. The van der Waals surface area contributed by atoms with E-state index in [0.717, 1.165) is 16.5 Å². The van der Waals surface area contributed by atoms with Crippen LogP contribution in [0, 0.1) is 0 Å². The number of hydrogen-bond donors (Lipinski definition) is 2. The van der Waals surface area contributed by atoms with Crippen molar-refractivity contribution in [1.82, 2.24) is 14.9 Å². The van der Waals surface area contributed by atoms with Gasteiger partial charge in [-0.1, -0.05) is 19.1 Å². The smallest absolute Gasteiger partial charge is 0.407 e. The van der Waals surface area contributed by atoms with Crippen molar-refractivity contribution in [2.45, 2.75) is 58.5 Å². The largest absolute Gasteiger partial charge is 0.458 e. The topological polar surface area (TPSA) is 138 Å². The van der Waals surface area contributed by atoms with Crippen LogP contribution in [-0.4, -0.2) is 45.7 Å². The number of aliphatic hydroxyl groups is 1. The van der Waals surface area contributed by atoms with E-state index >= 15 is 0 Å². The van der Waals surface area contributed by atoms with Gasteiger partial charge >= 0.3 is 12.1 Å². The molecule has 1 amide bonds. The van der Waals surface area contributed by atoms with Crippen molar-refractivity contribution in [1.29, 1.82) is 0 Å². The highest BCUT2D eigenvalue weighted by Gasteiger charge is 2.45. The lowest BCUT2D eigenvalue weighted by Crippen LogP contribution is -2.44. The van der Waals surface area contributed by atoms with Crippen LogP contribution in [0.2, 0.25) is 0 Å². The summed E-state index contributed by atoms with van der Waals surface area (Å²) in [5.74, 6) is 0.373. The number of hydrogen-bond acceptors (Lipinski definition) is 9. The molecule has 0 saturated heterocycles. The second-order valence-corrected chi connectivity index (χ2v) is 11.0. The molecule has 3 aromatic rings. The highest BCUT2D eigenvalue weighted by Crippen LogP contribution is 2.43. The molecule has 208 valence electrons. The minimum atomic E-state index is -1.91. The average molecular weight is 548 g/mol. The van der Waals surface area contributed by atoms with Crippen LogP contribution in [0.15, 0.2) is 29.1 Å². The molecule has 11 nitrogen and oxygen atoms in total. The zero-order valence-corrected chi connectivity index (χ0v) is 22.6. The van der Waals surface area contributed by atoms with E-state index in [9.17, 15) is 19.5 Å². The molecule has 1 aromatic carbocycles. The van der Waals surface area contributed by atoms with Gasteiger partial charge in [-0.15, -0.1) is 0 Å². The van der Waals surface area contributed by atoms with Crippen LogP contribution in [0.25, 0.3) is 28.4 Å². The number of ether oxygens (including phenoxy) is 4. The maximum atomic E-state index is 13.6. The van der Waals surface area contributed by atoms with Crippen molar-refractivity contribution < 1.29 is 33.6 Å². The fourth-order valence-electron chi connectivity index (χ4n) is 5.32. The first kappa shape index (κ1) is 25.9. The van der Waals surface area contributed by atoms with E-state index < -0.39 is 23.3 Å². The van der Waals surface area contributed by atoms with Gasteiger partial charge < -0.3 is 33.9 Å². The highest BCUT2D eigenvalue weighted by molar-refractivity contribution is 5.95. The Morgan fingerprint density at radius 1 is 1.18 bits per heavy atom. The molecule has 0 radical (unpaired) electrons. The van der Waals surface area contributed by atoms with Crippen molar-refractivity contribution in [3.05, 3.63) is 56.9 Å². The van der Waals surface area contributed by atoms with E-state index in [4.69, 9.17) is 23.9 Å². The normalized spacial score (nSPS) is 18.9. The van der Waals surface area contributed by atoms with Crippen LogP contribution in [0.3, 0.4) is 0 Å². The predicted octanol–water partition coefficient (Wildman–Crippen LogP) is 3.35. The number of esters is 1. The molecule has 2 aromatic heterocycles. The molecule has 6 rings (SSSR count). The van der Waals surface area contributed by atoms with Crippen LogP contribution < -0.4 is 20.3 Å². The number of rotatable bonds is 4. The third-order valence-electron chi connectivity index (χ3n) is 7.27. The van der Waals surface area contributed by atoms with Crippen LogP contribution in [0.4, 0.5) is 4.79 Å². The summed E-state index contributed by atoms with van der Waals surface area (Å²) in [6, 6.07) is 5.31. The fourth-order valence-corrected chi connectivity index (χ4v) is 5.32. The van der Waals surface area contributed by atoms with E-state index in [-0.39, 0.29) is 49.6 Å². The van der Waals surface area contributed by atoms with E-state index in [0.29, 0.717) is 28.4 Å². The molecule has 2 N–H and O–H groups in total. The van der Waals surface area contributed by atoms with Gasteiger partial charge in [0.1, 0.15) is 12.2 Å². The van der Waals surface area contributed by atoms with E-state index in [1.165, 1.54) is 0 Å². The molecule has 3 aliphatic heterocycles. The molecule has 0 bridgehead atoms. The van der Waals surface area contributed by atoms with E-state index in [1.54, 1.807) is 50.5 Å². The average Bonchev–Trinajstić information content (AvgIpc) is 3.50. The van der Waals surface area contributed by atoms with Crippen molar-refractivity contribution in [2.75, 3.05) is 13.3 Å². The molecule has 1 unspecified atom stereocenters. The molecular weight excluding hydrogens is 518 g/mol. The second-order valence-electron chi connectivity index (χ2n) is 11.0. The summed E-state index contributed by atoms with van der Waals surface area (Å²) >= 11 is 0. The molecular formula is C29H29N3O8. The Hall–Kier alpha value is -4.38. The molecule has 0 fully saturated rings. The molecule has 3 aliphatic rings. The minimum Gasteiger partial charge on any atom is -0.458 e. The number of aromatic nitrogens is 2. The standard InChI is InChI=1S/C29H29N3O8/c1-5-29(36)19-10-21-24-17(12-32(21)25(33)18(19)13-37-26(29)34)15(7-6-8-30-27(35)40-28(2,3)4)16-9-22-23(39-14-38-22)11-20(16)31-24/h6-7,9-11,36H,5,8,12-14H2,1-4H3,(H,30,35). The predicted molar refractivity (Wildman–Crippen MR) is 144 cm³/mol. The van der Waals surface area contributed by atoms with Gasteiger partial charge in [0.2, 0.25) is 6.79 Å². The maximum Gasteiger partial charge on any atom is 0.407 e. The Morgan fingerprint density at radius 2 is 1.93 bits per heavy atom. The van der Waals surface area contributed by atoms with Crippen LogP contribution >= 0.6 is 0 Å². The summed E-state index contributed by atoms with van der Waals surface area (Å²) < 4.78 is 23.2. The molecule has 0 saturated carbocycles. The Balaban J connectivity index is 1.47. The second kappa shape index (κ2) is 9.09. The van der Waals surface area contributed by atoms with Gasteiger partial charge in [0, 0.05) is 29.1 Å². The third-order valence-corrected chi connectivity index (χ3v) is 7.27. The number of alkyl carbamates (subject to hydrolysis) is 1. The lowest BCUT2D eigenvalue weighted by atomic mass is 9.86. The van der Waals surface area contributed by atoms with Gasteiger partial charge in [0.25, 0.3) is 5.56 Å². The van der Waals surface area contributed by atoms with Crippen LogP contribution in [0.1, 0.15) is 56.4 Å². The number of benzene rings is 1. The van der Waals surface area contributed by atoms with Gasteiger partial charge in [-0.25, -0.2) is 14.6 Å². The lowest BCUT2D eigenvalue weighted by Gasteiger charge is -2.31. The number of pyridine rings is 2. The van der Waals surface area contributed by atoms with E-state index in [1.807, 2.05) is 12.1 Å². The first-order valence-corrected chi connectivity index (χ1v) is 13.1. The lowest BCUT2D eigenvalue weighted by molar-refractivity contribution is -0.172. The molecule has 1 atom stereocenters. The first-order chi connectivity index (χ1) is 19.0. The van der Waals surface area contributed by atoms with Crippen molar-refractivity contribution >= 4 is 29.0 Å². The van der Waals surface area contributed by atoms with Gasteiger partial charge in [0.05, 0.1) is 29.0 Å². The summed E-state index contributed by atoms with van der Waals surface area (Å²) in [7, 11) is 0. The molecule has 5 heterocycles. The quantitative estimate of drug-likeness (QED) is 0.368. The number of amides is 1. The van der Waals surface area contributed by atoms with Gasteiger partial charge in [-0.3, -0.25) is 4.79 Å². The third kappa shape index (κ3) is 4.08. The summed E-state index contributed by atoms with van der Waals surface area (Å²) in [4.78, 5) is 43.1. The Bertz CT molecular complexity index is 1680. The number of nitrogens with zero attached hydrogens (tertiary/aromatic N) is 2. The van der Waals surface area contributed by atoms with Gasteiger partial charge in [-0.05, 0) is 44.9 Å².